The fourth-order valence-corrected chi connectivity index (χ4v) is 3.32. The summed E-state index contributed by atoms with van der Waals surface area (Å²) in [5, 5.41) is 2.02. The fourth-order valence-electron chi connectivity index (χ4n) is 3.17. The Morgan fingerprint density at radius 3 is 2.49 bits per heavy atom. The van der Waals surface area contributed by atoms with E-state index in [9.17, 15) is 22.8 Å². The number of aryl methyl sites for hydroxylation is 1. The highest BCUT2D eigenvalue weighted by molar-refractivity contribution is 6.31. The minimum Gasteiger partial charge on any atom is -0.487 e. The van der Waals surface area contributed by atoms with Gasteiger partial charge in [-0.1, -0.05) is 29.8 Å². The van der Waals surface area contributed by atoms with Crippen molar-refractivity contribution < 1.29 is 32.2 Å². The highest BCUT2D eigenvalue weighted by Gasteiger charge is 2.39. The fraction of sp³-hybridized carbons (Fsp3) is 0.160. The summed E-state index contributed by atoms with van der Waals surface area (Å²) in [6.45, 7) is 8.60. The minimum atomic E-state index is -5.09. The number of rotatable bonds is 6. The van der Waals surface area contributed by atoms with E-state index in [1.54, 1.807) is 48.6 Å². The molecule has 0 radical (unpaired) electrons. The zero-order valence-electron chi connectivity index (χ0n) is 18.5. The van der Waals surface area contributed by atoms with Crippen molar-refractivity contribution in [3.05, 3.63) is 87.7 Å². The minimum absolute atomic E-state index is 0.0850. The molecular weight excluding hydrogens is 485 g/mol. The molecule has 0 saturated carbocycles. The molecule has 6 nitrogen and oxygen atoms in total. The summed E-state index contributed by atoms with van der Waals surface area (Å²) in [6.07, 6.45) is -5.09. The zero-order chi connectivity index (χ0) is 25.8. The van der Waals surface area contributed by atoms with Crippen LogP contribution in [-0.4, -0.2) is 25.2 Å². The largest absolute Gasteiger partial charge is 0.487 e. The van der Waals surface area contributed by atoms with Gasteiger partial charge in [0, 0.05) is 11.1 Å². The Bertz CT molecular complexity index is 1330. The van der Waals surface area contributed by atoms with Gasteiger partial charge < -0.3 is 14.8 Å². The zero-order valence-corrected chi connectivity index (χ0v) is 19.3. The molecule has 0 saturated heterocycles. The van der Waals surface area contributed by atoms with Crippen LogP contribution >= 0.6 is 11.6 Å². The number of carbonyl (C=O) groups is 2. The molecule has 0 unspecified atom stereocenters. The Kier molecular flexibility index (Phi) is 7.67. The first-order chi connectivity index (χ1) is 16.5. The van der Waals surface area contributed by atoms with Gasteiger partial charge in [0.15, 0.2) is 5.69 Å². The van der Waals surface area contributed by atoms with Crippen LogP contribution in [0.2, 0.25) is 5.02 Å². The molecule has 10 heteroatoms. The number of ether oxygens (including phenoxy) is 2. The Morgan fingerprint density at radius 1 is 1.09 bits per heavy atom. The number of hydrogen-bond donors (Lipinski definition) is 1. The molecular formula is C25H18ClF3N2O4. The predicted octanol–water partition coefficient (Wildman–Crippen LogP) is 6.73. The van der Waals surface area contributed by atoms with Crippen molar-refractivity contribution >= 4 is 34.9 Å². The molecule has 0 bridgehead atoms. The number of esters is 1. The van der Waals surface area contributed by atoms with Crippen LogP contribution in [0, 0.1) is 13.5 Å². The molecule has 1 N–H and O–H groups in total. The van der Waals surface area contributed by atoms with Gasteiger partial charge in [-0.3, -0.25) is 4.79 Å². The van der Waals surface area contributed by atoms with Crippen molar-refractivity contribution in [1.82, 2.24) is 0 Å². The molecule has 0 atom stereocenters. The second-order valence-corrected chi connectivity index (χ2v) is 7.82. The van der Waals surface area contributed by atoms with Crippen molar-refractivity contribution in [1.29, 1.82) is 0 Å². The van der Waals surface area contributed by atoms with Gasteiger partial charge in [0.05, 0.1) is 24.9 Å². The molecule has 3 aromatic rings. The summed E-state index contributed by atoms with van der Waals surface area (Å²) in [5.41, 5.74) is 2.61. The molecule has 0 aliphatic rings. The van der Waals surface area contributed by atoms with Crippen LogP contribution < -0.4 is 10.1 Å². The normalized spacial score (nSPS) is 10.9. The van der Waals surface area contributed by atoms with Crippen LogP contribution in [0.3, 0.4) is 0 Å². The first-order valence-corrected chi connectivity index (χ1v) is 10.4. The van der Waals surface area contributed by atoms with E-state index in [1.165, 1.54) is 25.3 Å². The summed E-state index contributed by atoms with van der Waals surface area (Å²) in [7, 11) is 1.23. The number of benzene rings is 3. The van der Waals surface area contributed by atoms with E-state index < -0.39 is 18.1 Å². The van der Waals surface area contributed by atoms with Crippen LogP contribution in [0.1, 0.15) is 21.5 Å². The second kappa shape index (κ2) is 10.5. The summed E-state index contributed by atoms with van der Waals surface area (Å²) >= 11 is 6.11. The lowest BCUT2D eigenvalue weighted by molar-refractivity contribution is -0.167. The third-order valence-corrected chi connectivity index (χ3v) is 5.29. The van der Waals surface area contributed by atoms with Crippen molar-refractivity contribution in [3.63, 3.8) is 0 Å². The summed E-state index contributed by atoms with van der Waals surface area (Å²) in [4.78, 5) is 27.1. The van der Waals surface area contributed by atoms with Crippen molar-refractivity contribution in [2.75, 3.05) is 12.4 Å². The molecule has 0 fully saturated rings. The van der Waals surface area contributed by atoms with E-state index >= 15 is 0 Å². The number of anilines is 1. The van der Waals surface area contributed by atoms with Crippen LogP contribution in [0.5, 0.6) is 5.75 Å². The maximum absolute atomic E-state index is 12.8. The molecule has 0 aliphatic heterocycles. The Balaban J connectivity index is 1.97. The maximum Gasteiger partial charge on any atom is 0.471 e. The van der Waals surface area contributed by atoms with E-state index in [2.05, 4.69) is 4.85 Å². The van der Waals surface area contributed by atoms with Crippen molar-refractivity contribution in [2.45, 2.75) is 19.7 Å². The van der Waals surface area contributed by atoms with Gasteiger partial charge >= 0.3 is 18.1 Å². The number of nitrogens with zero attached hydrogens (tertiary/aromatic N) is 1. The third kappa shape index (κ3) is 6.31. The molecule has 35 heavy (non-hydrogen) atoms. The van der Waals surface area contributed by atoms with Crippen LogP contribution in [0.4, 0.5) is 24.5 Å². The van der Waals surface area contributed by atoms with Gasteiger partial charge in [0.1, 0.15) is 12.4 Å². The van der Waals surface area contributed by atoms with E-state index in [0.717, 1.165) is 0 Å². The number of methoxy groups -OCH3 is 1. The maximum atomic E-state index is 12.8. The lowest BCUT2D eigenvalue weighted by atomic mass is 9.99. The Labute approximate surface area is 204 Å². The lowest BCUT2D eigenvalue weighted by Gasteiger charge is -2.16. The average Bonchev–Trinajstić information content (AvgIpc) is 2.83. The smallest absolute Gasteiger partial charge is 0.471 e. The molecule has 3 rings (SSSR count). The van der Waals surface area contributed by atoms with Gasteiger partial charge in [0.2, 0.25) is 0 Å². The van der Waals surface area contributed by atoms with Crippen LogP contribution in [-0.2, 0) is 16.1 Å². The number of amides is 1. The Hall–Kier alpha value is -4.03. The van der Waals surface area contributed by atoms with E-state index in [-0.39, 0.29) is 28.6 Å². The topological polar surface area (TPSA) is 69.0 Å². The van der Waals surface area contributed by atoms with Gasteiger partial charge in [-0.25, -0.2) is 9.64 Å². The number of alkyl halides is 3. The highest BCUT2D eigenvalue weighted by Crippen LogP contribution is 2.34. The third-order valence-electron chi connectivity index (χ3n) is 4.88. The first-order valence-electron chi connectivity index (χ1n) is 10.0. The van der Waals surface area contributed by atoms with Crippen LogP contribution in [0.15, 0.2) is 54.6 Å². The quantitative estimate of drug-likeness (QED) is 0.299. The summed E-state index contributed by atoms with van der Waals surface area (Å²) < 4.78 is 48.8. The lowest BCUT2D eigenvalue weighted by Crippen LogP contribution is -2.30. The second-order valence-electron chi connectivity index (χ2n) is 7.41. The van der Waals surface area contributed by atoms with Crippen molar-refractivity contribution in [2.24, 2.45) is 0 Å². The molecule has 3 aromatic carbocycles. The molecule has 0 aromatic heterocycles. The number of halogens is 4. The monoisotopic (exact) mass is 502 g/mol. The van der Waals surface area contributed by atoms with E-state index in [1.807, 2.05) is 0 Å². The Morgan fingerprint density at radius 2 is 1.83 bits per heavy atom. The number of carbonyl (C=O) groups excluding carboxylic acids is 2. The van der Waals surface area contributed by atoms with Gasteiger partial charge in [-0.15, -0.1) is 0 Å². The van der Waals surface area contributed by atoms with Crippen LogP contribution in [0.25, 0.3) is 16.0 Å². The highest BCUT2D eigenvalue weighted by atomic mass is 35.5. The molecule has 0 spiro atoms. The molecule has 180 valence electrons. The van der Waals surface area contributed by atoms with Gasteiger partial charge in [-0.2, -0.15) is 13.2 Å². The standard InChI is InChI=1S/C25H18ClF3N2O4/c1-14-7-21(31-24(33)25(27,28)29)22(12-20(14)26)35-13-15-8-17(10-18(9-15)23(32)34-3)16-5-4-6-19(11-16)30-2/h4-12H,13H2,1,3H3,(H,31,33). The number of hydrogen-bond acceptors (Lipinski definition) is 4. The number of nitrogens with one attached hydrogen (secondary N) is 1. The predicted molar refractivity (Wildman–Crippen MR) is 125 cm³/mol. The molecule has 0 heterocycles. The van der Waals surface area contributed by atoms with Gasteiger partial charge in [0.25, 0.3) is 0 Å². The van der Waals surface area contributed by atoms with E-state index in [4.69, 9.17) is 27.6 Å². The summed E-state index contributed by atoms with van der Waals surface area (Å²) in [6, 6.07) is 14.1. The average molecular weight is 503 g/mol. The molecule has 0 aliphatic carbocycles. The van der Waals surface area contributed by atoms with Gasteiger partial charge in [-0.05, 0) is 59.5 Å². The first kappa shape index (κ1) is 25.6. The van der Waals surface area contributed by atoms with E-state index in [0.29, 0.717) is 27.9 Å². The van der Waals surface area contributed by atoms with Crippen molar-refractivity contribution in [3.8, 4) is 16.9 Å². The SMILES string of the molecule is [C-]#[N+]c1cccc(-c2cc(COc3cc(Cl)c(C)cc3NC(=O)C(F)(F)F)cc(C(=O)OC)c2)c1. The summed E-state index contributed by atoms with van der Waals surface area (Å²) in [5.74, 6) is -2.84. The molecule has 1 amide bonds.